The molecule has 0 saturated carbocycles. The fourth-order valence-electron chi connectivity index (χ4n) is 0.965. The summed E-state index contributed by atoms with van der Waals surface area (Å²) in [5.41, 5.74) is 0. The molecule has 0 radical (unpaired) electrons. The Morgan fingerprint density at radius 3 is 3.00 bits per heavy atom. The van der Waals surface area contributed by atoms with Gasteiger partial charge in [-0.15, -0.1) is 0 Å². The zero-order chi connectivity index (χ0) is 11.4. The average molecular weight is 212 g/mol. The van der Waals surface area contributed by atoms with E-state index < -0.39 is 10.7 Å². The third kappa shape index (κ3) is 2.11. The topological polar surface area (TPSA) is 124 Å². The third-order valence-corrected chi connectivity index (χ3v) is 1.60. The number of aryl methyl sites for hydroxylation is 1. The highest BCUT2D eigenvalue weighted by molar-refractivity contribution is 5.46. The minimum atomic E-state index is -0.825. The molecule has 0 fully saturated rings. The molecule has 0 aliphatic heterocycles. The van der Waals surface area contributed by atoms with Gasteiger partial charge in [-0.1, -0.05) is 9.90 Å². The van der Waals surface area contributed by atoms with E-state index in [4.69, 9.17) is 5.26 Å². The molecule has 0 saturated heterocycles. The van der Waals surface area contributed by atoms with Gasteiger partial charge in [-0.3, -0.25) is 10.1 Å². The molecule has 9 nitrogen and oxygen atoms in total. The van der Waals surface area contributed by atoms with Crippen LogP contribution in [0.4, 0.5) is 11.6 Å². The molecule has 15 heavy (non-hydrogen) atoms. The van der Waals surface area contributed by atoms with Gasteiger partial charge in [-0.2, -0.15) is 5.26 Å². The molecule has 1 aromatic rings. The zero-order valence-corrected chi connectivity index (χ0v) is 7.88. The van der Waals surface area contributed by atoms with E-state index in [1.165, 1.54) is 7.05 Å². The summed E-state index contributed by atoms with van der Waals surface area (Å²) in [5.74, 6) is -0.803. The Balaban J connectivity index is 2.92. The summed E-state index contributed by atoms with van der Waals surface area (Å²) in [6.07, 6.45) is 0.173. The lowest BCUT2D eigenvalue weighted by Crippen LogP contribution is -2.38. The van der Waals surface area contributed by atoms with Gasteiger partial charge in [0, 0.05) is 11.4 Å². The highest BCUT2D eigenvalue weighted by atomic mass is 16.6. The van der Waals surface area contributed by atoms with E-state index in [1.54, 1.807) is 0 Å². The molecular formula is C6H8N6O3. The Hall–Kier alpha value is -2.37. The normalized spacial score (nSPS) is 9.60. The van der Waals surface area contributed by atoms with Crippen molar-refractivity contribution in [2.75, 3.05) is 11.9 Å². The van der Waals surface area contributed by atoms with E-state index in [2.05, 4.69) is 10.4 Å². The van der Waals surface area contributed by atoms with Crippen molar-refractivity contribution in [3.8, 4) is 6.07 Å². The molecule has 1 N–H and O–H groups in total. The first-order chi connectivity index (χ1) is 7.07. The monoisotopic (exact) mass is 212 g/mol. The first-order valence-electron chi connectivity index (χ1n) is 4.00. The summed E-state index contributed by atoms with van der Waals surface area (Å²) >= 11 is 0. The number of anilines is 1. The number of hydrogen-bond donors (Lipinski definition) is 1. The van der Waals surface area contributed by atoms with Crippen LogP contribution in [0.3, 0.4) is 0 Å². The Labute approximate surface area is 84.2 Å². The molecule has 9 heteroatoms. The minimum absolute atomic E-state index is 0.0642. The number of nitrogens with one attached hydrogen (secondary N) is 1. The molecule has 0 atom stereocenters. The maximum atomic E-state index is 11.1. The third-order valence-electron chi connectivity index (χ3n) is 1.60. The molecule has 1 rings (SSSR count). The van der Waals surface area contributed by atoms with Crippen molar-refractivity contribution in [1.29, 1.82) is 5.26 Å². The maximum absolute atomic E-state index is 11.1. The summed E-state index contributed by atoms with van der Waals surface area (Å²) in [6.45, 7) is 0.203. The molecule has 0 unspecified atom stereocenters. The summed E-state index contributed by atoms with van der Waals surface area (Å²) in [4.78, 5) is 10.6. The molecular weight excluding hydrogens is 204 g/mol. The molecule has 0 aliphatic rings. The van der Waals surface area contributed by atoms with Crippen LogP contribution in [0, 0.1) is 26.7 Å². The van der Waals surface area contributed by atoms with Gasteiger partial charge >= 0.3 is 11.6 Å². The smallest absolute Gasteiger partial charge is 0.583 e. The lowest BCUT2D eigenvalue weighted by atomic mass is 10.4. The van der Waals surface area contributed by atoms with Crippen LogP contribution in [0.15, 0.2) is 0 Å². The van der Waals surface area contributed by atoms with Crippen LogP contribution in [-0.2, 0) is 7.05 Å². The van der Waals surface area contributed by atoms with E-state index in [9.17, 15) is 15.3 Å². The molecule has 0 aromatic carbocycles. The molecule has 0 bridgehead atoms. The van der Waals surface area contributed by atoms with Crippen LogP contribution >= 0.6 is 0 Å². The predicted molar refractivity (Wildman–Crippen MR) is 47.5 cm³/mol. The fraction of sp³-hybridized carbons (Fsp3) is 0.500. The van der Waals surface area contributed by atoms with Gasteiger partial charge in [0.1, 0.15) is 4.92 Å². The van der Waals surface area contributed by atoms with E-state index in [0.29, 0.717) is 0 Å². The minimum Gasteiger partial charge on any atom is -0.590 e. The SMILES string of the molecule is Cn1nc(NCCC#N)c([N+](=O)[O-])[n+]1[O-]. The molecule has 1 heterocycles. The number of aromatic nitrogens is 3. The van der Waals surface area contributed by atoms with E-state index >= 15 is 0 Å². The van der Waals surface area contributed by atoms with Gasteiger partial charge in [0.15, 0.2) is 0 Å². The molecule has 1 aromatic heterocycles. The van der Waals surface area contributed by atoms with Crippen LogP contribution in [0.2, 0.25) is 0 Å². The zero-order valence-electron chi connectivity index (χ0n) is 7.88. The quantitative estimate of drug-likeness (QED) is 0.231. The lowest BCUT2D eigenvalue weighted by Gasteiger charge is -1.93. The predicted octanol–water partition coefficient (Wildman–Crippen LogP) is -0.713. The Morgan fingerprint density at radius 2 is 2.47 bits per heavy atom. The largest absolute Gasteiger partial charge is 0.590 e. The fourth-order valence-corrected chi connectivity index (χ4v) is 0.965. The Bertz CT molecular complexity index is 419. The van der Waals surface area contributed by atoms with Gasteiger partial charge in [0.2, 0.25) is 0 Å². The Morgan fingerprint density at radius 1 is 1.80 bits per heavy atom. The second-order valence-corrected chi connectivity index (χ2v) is 2.63. The first-order valence-corrected chi connectivity index (χ1v) is 4.00. The van der Waals surface area contributed by atoms with Crippen molar-refractivity contribution < 1.29 is 9.77 Å². The van der Waals surface area contributed by atoms with Crippen LogP contribution in [-0.4, -0.2) is 21.4 Å². The van der Waals surface area contributed by atoms with Crippen molar-refractivity contribution in [3.05, 3.63) is 15.3 Å². The summed E-state index contributed by atoms with van der Waals surface area (Å²) in [5, 5.41) is 36.1. The van der Waals surface area contributed by atoms with Gasteiger partial charge in [-0.25, -0.2) is 0 Å². The number of rotatable bonds is 4. The summed E-state index contributed by atoms with van der Waals surface area (Å²) in [6, 6.07) is 1.86. The molecule has 80 valence electrons. The van der Waals surface area contributed by atoms with Gasteiger partial charge < -0.3 is 10.5 Å². The number of hydrogen-bond acceptors (Lipinski definition) is 6. The van der Waals surface area contributed by atoms with Crippen LogP contribution in [0.5, 0.6) is 0 Å². The maximum Gasteiger partial charge on any atom is 0.583 e. The molecule has 0 spiro atoms. The number of nitro groups is 1. The highest BCUT2D eigenvalue weighted by Gasteiger charge is 2.32. The first kappa shape index (κ1) is 10.7. The van der Waals surface area contributed by atoms with Gasteiger partial charge in [-0.05, 0) is 0 Å². The van der Waals surface area contributed by atoms with Crippen molar-refractivity contribution in [2.45, 2.75) is 6.42 Å². The lowest BCUT2D eigenvalue weighted by molar-refractivity contribution is -0.734. The highest BCUT2D eigenvalue weighted by Crippen LogP contribution is 2.15. The Kier molecular flexibility index (Phi) is 3.02. The number of nitrogens with zero attached hydrogens (tertiary/aromatic N) is 5. The van der Waals surface area contributed by atoms with Crippen LogP contribution < -0.4 is 10.2 Å². The molecule has 0 aliphatic carbocycles. The van der Waals surface area contributed by atoms with E-state index in [1.807, 2.05) is 6.07 Å². The number of nitriles is 1. The standard InChI is InChI=1S/C6H8N6O3/c1-10-9-5(8-4-2-3-7)6(11(10)13)12(14)15/h2,4H2,1H3,(H,8,9). The van der Waals surface area contributed by atoms with E-state index in [-0.39, 0.29) is 23.6 Å². The second-order valence-electron chi connectivity index (χ2n) is 2.63. The van der Waals surface area contributed by atoms with Gasteiger partial charge in [0.25, 0.3) is 0 Å². The average Bonchev–Trinajstić information content (AvgIpc) is 2.43. The summed E-state index contributed by atoms with van der Waals surface area (Å²) in [7, 11) is 1.29. The van der Waals surface area contributed by atoms with Crippen LogP contribution in [0.25, 0.3) is 0 Å². The summed E-state index contributed by atoms with van der Waals surface area (Å²) < 4.78 is 0. The second kappa shape index (κ2) is 4.23. The van der Waals surface area contributed by atoms with Crippen molar-refractivity contribution >= 4 is 11.6 Å². The van der Waals surface area contributed by atoms with Crippen molar-refractivity contribution in [1.82, 2.24) is 9.90 Å². The van der Waals surface area contributed by atoms with Gasteiger partial charge in [0.05, 0.1) is 19.5 Å². The van der Waals surface area contributed by atoms with E-state index in [0.717, 1.165) is 4.80 Å². The van der Waals surface area contributed by atoms with Crippen molar-refractivity contribution in [2.24, 2.45) is 7.05 Å². The van der Waals surface area contributed by atoms with Crippen molar-refractivity contribution in [3.63, 3.8) is 0 Å². The van der Waals surface area contributed by atoms with Crippen LogP contribution in [0.1, 0.15) is 6.42 Å². The molecule has 0 amide bonds.